The van der Waals surface area contributed by atoms with E-state index in [1.807, 2.05) is 20.8 Å². The predicted octanol–water partition coefficient (Wildman–Crippen LogP) is 2.65. The molecule has 0 aromatic rings. The van der Waals surface area contributed by atoms with Crippen LogP contribution < -0.4 is 0 Å². The third kappa shape index (κ3) is 5.67. The molecule has 0 N–H and O–H groups in total. The van der Waals surface area contributed by atoms with E-state index in [1.165, 1.54) is 0 Å². The molecule has 0 radical (unpaired) electrons. The van der Waals surface area contributed by atoms with E-state index in [9.17, 15) is 9.59 Å². The van der Waals surface area contributed by atoms with Crippen molar-refractivity contribution in [1.29, 1.82) is 0 Å². The summed E-state index contributed by atoms with van der Waals surface area (Å²) in [6.45, 7) is 8.15. The van der Waals surface area contributed by atoms with Crippen molar-refractivity contribution in [3.05, 3.63) is 12.2 Å². The van der Waals surface area contributed by atoms with E-state index >= 15 is 0 Å². The SMILES string of the molecule is CCOC(=O)C=CC(=O)O[Si](CC)(CC)CC. The molecule has 0 rings (SSSR count). The Kier molecular flexibility index (Phi) is 7.53. The van der Waals surface area contributed by atoms with Crippen molar-refractivity contribution >= 4 is 20.3 Å². The summed E-state index contributed by atoms with van der Waals surface area (Å²) in [6.07, 6.45) is 2.27. The van der Waals surface area contributed by atoms with Crippen LogP contribution >= 0.6 is 0 Å². The number of ether oxygens (including phenoxy) is 1. The van der Waals surface area contributed by atoms with Crippen LogP contribution in [-0.4, -0.2) is 26.9 Å². The molecule has 17 heavy (non-hydrogen) atoms. The fourth-order valence-corrected chi connectivity index (χ4v) is 3.97. The first-order valence-corrected chi connectivity index (χ1v) is 8.64. The van der Waals surface area contributed by atoms with E-state index < -0.39 is 20.3 Å². The van der Waals surface area contributed by atoms with Gasteiger partial charge in [0.15, 0.2) is 0 Å². The van der Waals surface area contributed by atoms with Crippen molar-refractivity contribution in [3.63, 3.8) is 0 Å². The smallest absolute Gasteiger partial charge is 0.330 e. The average molecular weight is 258 g/mol. The maximum Gasteiger partial charge on any atom is 0.330 e. The summed E-state index contributed by atoms with van der Waals surface area (Å²) in [6, 6.07) is 2.71. The van der Waals surface area contributed by atoms with Gasteiger partial charge in [0.1, 0.15) is 0 Å². The lowest BCUT2D eigenvalue weighted by molar-refractivity contribution is -0.138. The van der Waals surface area contributed by atoms with Gasteiger partial charge in [-0.15, -0.1) is 0 Å². The van der Waals surface area contributed by atoms with Gasteiger partial charge < -0.3 is 9.16 Å². The molecule has 5 heteroatoms. The zero-order valence-electron chi connectivity index (χ0n) is 11.1. The molecule has 0 aromatic heterocycles. The van der Waals surface area contributed by atoms with Gasteiger partial charge in [-0.3, -0.25) is 0 Å². The van der Waals surface area contributed by atoms with Crippen LogP contribution in [-0.2, 0) is 18.8 Å². The molecule has 4 nitrogen and oxygen atoms in total. The van der Waals surface area contributed by atoms with Crippen LogP contribution in [0.3, 0.4) is 0 Å². The summed E-state index contributed by atoms with van der Waals surface area (Å²) in [5.74, 6) is -0.948. The number of esters is 1. The fraction of sp³-hybridized carbons (Fsp3) is 0.667. The molecule has 0 aromatic carbocycles. The van der Waals surface area contributed by atoms with Crippen LogP contribution in [0, 0.1) is 0 Å². The minimum atomic E-state index is -1.92. The Morgan fingerprint density at radius 1 is 0.941 bits per heavy atom. The Morgan fingerprint density at radius 3 is 1.82 bits per heavy atom. The molecule has 0 fully saturated rings. The molecule has 0 amide bonds. The lowest BCUT2D eigenvalue weighted by Crippen LogP contribution is -2.37. The van der Waals surface area contributed by atoms with Crippen LogP contribution in [0.1, 0.15) is 27.7 Å². The molecule has 0 spiro atoms. The van der Waals surface area contributed by atoms with E-state index in [0.717, 1.165) is 30.3 Å². The first-order valence-electron chi connectivity index (χ1n) is 6.11. The highest BCUT2D eigenvalue weighted by Crippen LogP contribution is 2.21. The molecular weight excluding hydrogens is 236 g/mol. The molecule has 0 aliphatic rings. The van der Waals surface area contributed by atoms with E-state index in [-0.39, 0.29) is 0 Å². The van der Waals surface area contributed by atoms with Gasteiger partial charge in [0, 0.05) is 12.2 Å². The van der Waals surface area contributed by atoms with Crippen LogP contribution in [0.2, 0.25) is 18.1 Å². The third-order valence-corrected chi connectivity index (χ3v) is 7.39. The first kappa shape index (κ1) is 15.9. The monoisotopic (exact) mass is 258 g/mol. The van der Waals surface area contributed by atoms with E-state index in [4.69, 9.17) is 4.43 Å². The zero-order chi connectivity index (χ0) is 13.3. The van der Waals surface area contributed by atoms with Crippen molar-refractivity contribution in [2.45, 2.75) is 45.8 Å². The van der Waals surface area contributed by atoms with Crippen molar-refractivity contribution in [3.8, 4) is 0 Å². The molecule has 0 aliphatic carbocycles. The fourth-order valence-electron chi connectivity index (χ4n) is 1.54. The molecular formula is C12H22O4Si. The third-order valence-electron chi connectivity index (χ3n) is 2.89. The molecule has 98 valence electrons. The molecule has 0 saturated heterocycles. The Morgan fingerprint density at radius 2 is 1.41 bits per heavy atom. The molecule has 0 heterocycles. The summed E-state index contributed by atoms with van der Waals surface area (Å²) >= 11 is 0. The maximum absolute atomic E-state index is 11.6. The Hall–Kier alpha value is -1.10. The summed E-state index contributed by atoms with van der Waals surface area (Å²) in [7, 11) is -1.92. The minimum Gasteiger partial charge on any atom is -0.516 e. The molecule has 0 saturated carbocycles. The van der Waals surface area contributed by atoms with Gasteiger partial charge in [0.2, 0.25) is 0 Å². The van der Waals surface area contributed by atoms with Gasteiger partial charge in [0.25, 0.3) is 8.32 Å². The number of hydrogen-bond acceptors (Lipinski definition) is 4. The number of carbonyl (C=O) groups is 2. The Bertz CT molecular complexity index is 274. The van der Waals surface area contributed by atoms with Gasteiger partial charge in [-0.05, 0) is 25.1 Å². The predicted molar refractivity (Wildman–Crippen MR) is 69.1 cm³/mol. The maximum atomic E-state index is 11.6. The van der Waals surface area contributed by atoms with E-state index in [0.29, 0.717) is 6.61 Å². The number of hydrogen-bond donors (Lipinski definition) is 0. The highest BCUT2D eigenvalue weighted by Gasteiger charge is 2.32. The summed E-state index contributed by atoms with van der Waals surface area (Å²) in [4.78, 5) is 22.6. The minimum absolute atomic E-state index is 0.301. The number of rotatable bonds is 7. The lowest BCUT2D eigenvalue weighted by Gasteiger charge is -2.26. The first-order chi connectivity index (χ1) is 8.03. The van der Waals surface area contributed by atoms with Gasteiger partial charge in [-0.2, -0.15) is 0 Å². The second kappa shape index (κ2) is 8.06. The van der Waals surface area contributed by atoms with Crippen molar-refractivity contribution in [2.75, 3.05) is 6.61 Å². The van der Waals surface area contributed by atoms with E-state index in [2.05, 4.69) is 4.74 Å². The van der Waals surface area contributed by atoms with Crippen LogP contribution in [0.15, 0.2) is 12.2 Å². The Labute approximate surface area is 104 Å². The molecule has 0 bridgehead atoms. The second-order valence-electron chi connectivity index (χ2n) is 3.75. The van der Waals surface area contributed by atoms with Crippen molar-refractivity contribution in [1.82, 2.24) is 0 Å². The molecule has 0 aliphatic heterocycles. The standard InChI is InChI=1S/C12H22O4Si/c1-5-15-11(13)9-10-12(14)16-17(6-2,7-3)8-4/h9-10H,5-8H2,1-4H3. The summed E-state index contributed by atoms with van der Waals surface area (Å²) in [5.41, 5.74) is 0. The van der Waals surface area contributed by atoms with Gasteiger partial charge in [-0.25, -0.2) is 9.59 Å². The van der Waals surface area contributed by atoms with Gasteiger partial charge >= 0.3 is 11.9 Å². The summed E-state index contributed by atoms with van der Waals surface area (Å²) < 4.78 is 10.2. The highest BCUT2D eigenvalue weighted by molar-refractivity contribution is 6.75. The highest BCUT2D eigenvalue weighted by atomic mass is 28.4. The van der Waals surface area contributed by atoms with Gasteiger partial charge in [-0.1, -0.05) is 20.8 Å². The number of carbonyl (C=O) groups excluding carboxylic acids is 2. The summed E-state index contributed by atoms with van der Waals surface area (Å²) in [5, 5.41) is 0. The largest absolute Gasteiger partial charge is 0.516 e. The molecule has 0 unspecified atom stereocenters. The lowest BCUT2D eigenvalue weighted by atomic mass is 10.5. The quantitative estimate of drug-likeness (QED) is 0.400. The second-order valence-corrected chi connectivity index (χ2v) is 8.44. The van der Waals surface area contributed by atoms with Crippen LogP contribution in [0.5, 0.6) is 0 Å². The van der Waals surface area contributed by atoms with E-state index in [1.54, 1.807) is 6.92 Å². The average Bonchev–Trinajstić information content (AvgIpc) is 2.34. The van der Waals surface area contributed by atoms with Crippen LogP contribution in [0.25, 0.3) is 0 Å². The van der Waals surface area contributed by atoms with Crippen LogP contribution in [0.4, 0.5) is 0 Å². The van der Waals surface area contributed by atoms with Gasteiger partial charge in [0.05, 0.1) is 6.61 Å². The topological polar surface area (TPSA) is 52.6 Å². The van der Waals surface area contributed by atoms with Crippen molar-refractivity contribution in [2.24, 2.45) is 0 Å². The Balaban J connectivity index is 4.38. The van der Waals surface area contributed by atoms with Crippen molar-refractivity contribution < 1.29 is 18.8 Å². The zero-order valence-corrected chi connectivity index (χ0v) is 12.1. The normalized spacial score (nSPS) is 11.5. The molecule has 0 atom stereocenters.